The second-order valence-electron chi connectivity index (χ2n) is 14.4. The number of fused-ring (bicyclic) bond motifs is 4. The van der Waals surface area contributed by atoms with Gasteiger partial charge in [-0.3, -0.25) is 9.52 Å². The van der Waals surface area contributed by atoms with Crippen LogP contribution in [0.4, 0.5) is 5.95 Å². The molecule has 1 unspecified atom stereocenters. The van der Waals surface area contributed by atoms with E-state index in [2.05, 4.69) is 57.5 Å². The fourth-order valence-electron chi connectivity index (χ4n) is 7.93. The average molecular weight is 617 g/mol. The molecule has 2 aromatic carbocycles. The van der Waals surface area contributed by atoms with Crippen LogP contribution in [-0.2, 0) is 22.2 Å². The Bertz CT molecular complexity index is 1570. The van der Waals surface area contributed by atoms with Crippen molar-refractivity contribution in [3.05, 3.63) is 65.2 Å². The first-order valence-corrected chi connectivity index (χ1v) is 16.8. The van der Waals surface area contributed by atoms with Crippen molar-refractivity contribution in [1.29, 1.82) is 0 Å². The summed E-state index contributed by atoms with van der Waals surface area (Å²) in [5, 5.41) is 9.64. The first-order chi connectivity index (χ1) is 20.9. The number of carbonyl (C=O) groups excluding carboxylic acids is 1. The van der Waals surface area contributed by atoms with Crippen molar-refractivity contribution in [2.75, 3.05) is 24.5 Å². The third kappa shape index (κ3) is 5.88. The predicted octanol–water partition coefficient (Wildman–Crippen LogP) is 6.02. The van der Waals surface area contributed by atoms with Gasteiger partial charge in [-0.1, -0.05) is 51.1 Å². The van der Waals surface area contributed by atoms with E-state index < -0.39 is 17.6 Å². The van der Waals surface area contributed by atoms with E-state index in [1.54, 1.807) is 0 Å². The zero-order valence-electron chi connectivity index (χ0n) is 26.5. The van der Waals surface area contributed by atoms with Gasteiger partial charge >= 0.3 is 0 Å². The van der Waals surface area contributed by atoms with Gasteiger partial charge in [0.2, 0.25) is 17.7 Å². The first kappa shape index (κ1) is 30.7. The van der Waals surface area contributed by atoms with Crippen LogP contribution in [0, 0.1) is 30.6 Å². The van der Waals surface area contributed by atoms with Gasteiger partial charge in [0.1, 0.15) is 6.61 Å². The van der Waals surface area contributed by atoms with Gasteiger partial charge < -0.3 is 14.7 Å². The molecular weight excluding hydrogens is 572 g/mol. The van der Waals surface area contributed by atoms with E-state index in [-0.39, 0.29) is 34.1 Å². The lowest BCUT2D eigenvalue weighted by atomic mass is 9.46. The molecule has 4 bridgehead atoms. The number of ether oxygens (including phenoxy) is 1. The van der Waals surface area contributed by atoms with E-state index in [1.807, 2.05) is 35.2 Å². The SMILES string of the molecule is Cc1cccc(C)c1-c1cc2nc(n1)NS(=O)c1cccc(c1)CCC1(CC3(CCN3C(=O)CO)C1)[C@H](CC(C)(C)C)CO2. The van der Waals surface area contributed by atoms with E-state index >= 15 is 0 Å². The Labute approximate surface area is 263 Å². The topological polar surface area (TPSA) is 105 Å². The summed E-state index contributed by atoms with van der Waals surface area (Å²) in [4.78, 5) is 24.7. The molecular formula is C35H44N4O4S. The van der Waals surface area contributed by atoms with Crippen molar-refractivity contribution in [3.8, 4) is 17.1 Å². The number of hydrogen-bond acceptors (Lipinski definition) is 6. The highest BCUT2D eigenvalue weighted by Crippen LogP contribution is 2.64. The van der Waals surface area contributed by atoms with Gasteiger partial charge in [0.25, 0.3) is 0 Å². The summed E-state index contributed by atoms with van der Waals surface area (Å²) < 4.78 is 23.2. The molecule has 1 saturated heterocycles. The molecule has 3 aliphatic rings. The molecule has 8 nitrogen and oxygen atoms in total. The number of aliphatic hydroxyl groups is 1. The number of carbonyl (C=O) groups is 1. The van der Waals surface area contributed by atoms with Crippen molar-refractivity contribution in [2.45, 2.75) is 83.6 Å². The summed E-state index contributed by atoms with van der Waals surface area (Å²) in [6, 6.07) is 16.0. The molecule has 2 atom stereocenters. The zero-order valence-corrected chi connectivity index (χ0v) is 27.3. The Balaban J connectivity index is 1.42. The fraction of sp³-hybridized carbons (Fsp3) is 0.514. The lowest BCUT2D eigenvalue weighted by molar-refractivity contribution is -0.194. The zero-order chi connectivity index (χ0) is 31.3. The van der Waals surface area contributed by atoms with Crippen LogP contribution in [-0.4, -0.2) is 55.4 Å². The average Bonchev–Trinajstić information content (AvgIpc) is 2.93. The molecule has 1 saturated carbocycles. The van der Waals surface area contributed by atoms with E-state index in [0.29, 0.717) is 23.9 Å². The van der Waals surface area contributed by atoms with Crippen LogP contribution in [0.3, 0.4) is 0 Å². The number of anilines is 1. The van der Waals surface area contributed by atoms with Crippen molar-refractivity contribution >= 4 is 22.8 Å². The molecule has 2 spiro atoms. The Morgan fingerprint density at radius 3 is 2.48 bits per heavy atom. The van der Waals surface area contributed by atoms with E-state index in [1.165, 1.54) is 0 Å². The van der Waals surface area contributed by atoms with Crippen LogP contribution >= 0.6 is 0 Å². The minimum atomic E-state index is -1.56. The largest absolute Gasteiger partial charge is 0.477 e. The summed E-state index contributed by atoms with van der Waals surface area (Å²) in [5.74, 6) is 0.756. The van der Waals surface area contributed by atoms with Crippen molar-refractivity contribution in [2.24, 2.45) is 16.7 Å². The van der Waals surface area contributed by atoms with Crippen LogP contribution in [0.1, 0.15) is 69.6 Å². The van der Waals surface area contributed by atoms with Gasteiger partial charge in [-0.05, 0) is 97.9 Å². The van der Waals surface area contributed by atoms with Crippen molar-refractivity contribution in [3.63, 3.8) is 0 Å². The normalized spacial score (nSPS) is 26.6. The Morgan fingerprint density at radius 1 is 1.09 bits per heavy atom. The van der Waals surface area contributed by atoms with Crippen LogP contribution in [0.15, 0.2) is 53.4 Å². The Morgan fingerprint density at radius 2 is 1.82 bits per heavy atom. The molecule has 2 N–H and O–H groups in total. The molecule has 1 amide bonds. The van der Waals surface area contributed by atoms with Gasteiger partial charge in [0, 0.05) is 23.7 Å². The van der Waals surface area contributed by atoms with Gasteiger partial charge in [0.05, 0.1) is 17.2 Å². The first-order valence-electron chi connectivity index (χ1n) is 15.7. The molecule has 2 fully saturated rings. The molecule has 0 radical (unpaired) electrons. The maximum absolute atomic E-state index is 13.5. The van der Waals surface area contributed by atoms with Crippen LogP contribution in [0.5, 0.6) is 5.88 Å². The lowest BCUT2D eigenvalue weighted by Gasteiger charge is -2.68. The summed E-state index contributed by atoms with van der Waals surface area (Å²) >= 11 is 0. The molecule has 234 valence electrons. The van der Waals surface area contributed by atoms with Gasteiger partial charge in [-0.25, -0.2) is 9.19 Å². The highest BCUT2D eigenvalue weighted by Gasteiger charge is 2.64. The molecule has 1 aliphatic carbocycles. The number of aryl methyl sites for hydroxylation is 3. The third-order valence-corrected chi connectivity index (χ3v) is 11.0. The number of likely N-dealkylation sites (tertiary alicyclic amines) is 1. The van der Waals surface area contributed by atoms with E-state index in [0.717, 1.165) is 66.5 Å². The Kier molecular flexibility index (Phi) is 8.07. The molecule has 3 aromatic rings. The maximum atomic E-state index is 13.5. The molecule has 44 heavy (non-hydrogen) atoms. The summed E-state index contributed by atoms with van der Waals surface area (Å²) in [5.41, 5.74) is 4.90. The minimum Gasteiger partial charge on any atom is -0.477 e. The number of amides is 1. The van der Waals surface area contributed by atoms with Crippen LogP contribution < -0.4 is 9.46 Å². The van der Waals surface area contributed by atoms with Crippen molar-refractivity contribution in [1.82, 2.24) is 14.9 Å². The van der Waals surface area contributed by atoms with E-state index in [9.17, 15) is 14.1 Å². The number of rotatable bonds is 3. The van der Waals surface area contributed by atoms with Crippen LogP contribution in [0.2, 0.25) is 0 Å². The third-order valence-electron chi connectivity index (χ3n) is 9.98. The molecule has 6 rings (SSSR count). The standard InChI is InChI=1S/C35H44N4O4S/c1-23-8-6-9-24(2)31(23)28-17-29-37-32(36-28)38-44(42)27-11-7-10-25(16-27)12-13-34(26(20-43-29)18-33(3,4)5)21-35(22-34)14-15-39(35)30(41)19-40/h6-11,16-17,26,40H,12-15,18-22H2,1-5H3,(H,36,37,38)/t26-,34?,35?,44?/m1/s1. The van der Waals surface area contributed by atoms with E-state index in [4.69, 9.17) is 14.7 Å². The quantitative estimate of drug-likeness (QED) is 0.373. The van der Waals surface area contributed by atoms with Gasteiger partial charge in [-0.15, -0.1) is 0 Å². The number of nitrogens with one attached hydrogen (secondary N) is 1. The molecule has 2 aliphatic heterocycles. The van der Waals surface area contributed by atoms with Gasteiger partial charge in [0.15, 0.2) is 11.0 Å². The number of hydrogen-bond donors (Lipinski definition) is 2. The molecule has 9 heteroatoms. The summed E-state index contributed by atoms with van der Waals surface area (Å²) in [6.07, 6.45) is 5.50. The maximum Gasteiger partial charge on any atom is 0.248 e. The number of aromatic nitrogens is 2. The monoisotopic (exact) mass is 616 g/mol. The van der Waals surface area contributed by atoms with Gasteiger partial charge in [-0.2, -0.15) is 4.98 Å². The lowest BCUT2D eigenvalue weighted by Crippen LogP contribution is -2.73. The molecule has 3 heterocycles. The second-order valence-corrected chi connectivity index (χ2v) is 15.6. The predicted molar refractivity (Wildman–Crippen MR) is 173 cm³/mol. The highest BCUT2D eigenvalue weighted by molar-refractivity contribution is 7.86. The summed E-state index contributed by atoms with van der Waals surface area (Å²) in [6.45, 7) is 11.7. The number of nitrogens with zero attached hydrogens (tertiary/aromatic N) is 3. The summed E-state index contributed by atoms with van der Waals surface area (Å²) in [7, 11) is -1.56. The minimum absolute atomic E-state index is 0.0511. The smallest absolute Gasteiger partial charge is 0.248 e. The van der Waals surface area contributed by atoms with Crippen molar-refractivity contribution < 1.29 is 18.8 Å². The highest BCUT2D eigenvalue weighted by atomic mass is 32.2. The Hall–Kier alpha value is -3.30. The fourth-order valence-corrected chi connectivity index (χ4v) is 8.77. The number of aliphatic hydroxyl groups excluding tert-OH is 1. The second kappa shape index (κ2) is 11.6. The van der Waals surface area contributed by atoms with Crippen LogP contribution in [0.25, 0.3) is 11.3 Å². The molecule has 1 aromatic heterocycles. The number of benzene rings is 2.